The van der Waals surface area contributed by atoms with Gasteiger partial charge in [-0.3, -0.25) is 4.55 Å². The Bertz CT molecular complexity index is 503. The molecule has 0 bridgehead atoms. The second kappa shape index (κ2) is 22.5. The first kappa shape index (κ1) is 31.0. The summed E-state index contributed by atoms with van der Waals surface area (Å²) in [6.45, 7) is 3.98. The summed E-state index contributed by atoms with van der Waals surface area (Å²) < 4.78 is 33.0. The van der Waals surface area contributed by atoms with Crippen LogP contribution in [-0.2, 0) is 24.4 Å². The monoisotopic (exact) mass is 442 g/mol. The summed E-state index contributed by atoms with van der Waals surface area (Å²) in [4.78, 5) is 19.8. The summed E-state index contributed by atoms with van der Waals surface area (Å²) in [6.07, 6.45) is 20.4. The zero-order valence-corrected chi connectivity index (χ0v) is 21.5. The van der Waals surface area contributed by atoms with E-state index in [1.165, 1.54) is 109 Å². The molecule has 0 aromatic rings. The van der Waals surface area contributed by atoms with Crippen LogP contribution in [0.1, 0.15) is 97.3 Å². The number of cyclic esters (lactones) is 2. The normalized spacial score (nSPS) is 12.7. The molecule has 0 spiro atoms. The Morgan fingerprint density at radius 1 is 0.759 bits per heavy atom. The molecule has 6 nitrogen and oxygen atoms in total. The minimum absolute atomic E-state index is 0.132. The Kier molecular flexibility index (Phi) is 24.0. The summed E-state index contributed by atoms with van der Waals surface area (Å²) in [7, 11) is -3.67. The SMILES string of the molecule is CCCCCCCCCCCCC[CH2][Na].CCCS(=O)(=O)O.O=C1C=CC(=O)O1. The van der Waals surface area contributed by atoms with Gasteiger partial charge >= 0.3 is 114 Å². The Hall–Kier alpha value is -0.210. The molecule has 1 aliphatic heterocycles. The molecule has 0 saturated heterocycles. The van der Waals surface area contributed by atoms with E-state index in [1.54, 1.807) is 6.92 Å². The molecule has 8 heteroatoms. The van der Waals surface area contributed by atoms with E-state index in [-0.39, 0.29) is 5.75 Å². The van der Waals surface area contributed by atoms with E-state index in [0.29, 0.717) is 6.42 Å². The van der Waals surface area contributed by atoms with Crippen molar-refractivity contribution in [3.63, 3.8) is 0 Å². The molecular formula is C21H39NaO6S. The van der Waals surface area contributed by atoms with Gasteiger partial charge < -0.3 is 4.74 Å². The van der Waals surface area contributed by atoms with Gasteiger partial charge in [-0.2, -0.15) is 8.42 Å². The third-order valence-corrected chi connectivity index (χ3v) is 5.86. The molecule has 1 N–H and O–H groups in total. The molecule has 1 aliphatic rings. The molecule has 1 rings (SSSR count). The van der Waals surface area contributed by atoms with Crippen molar-refractivity contribution >= 4 is 50.0 Å². The first-order valence-electron chi connectivity index (χ1n) is 11.2. The maximum absolute atomic E-state index is 9.92. The number of rotatable bonds is 14. The molecule has 0 fully saturated rings. The van der Waals surface area contributed by atoms with Gasteiger partial charge in [-0.15, -0.1) is 0 Å². The summed E-state index contributed by atoms with van der Waals surface area (Å²) in [6, 6.07) is 0. The van der Waals surface area contributed by atoms with Crippen LogP contribution in [0.3, 0.4) is 0 Å². The molecule has 29 heavy (non-hydrogen) atoms. The van der Waals surface area contributed by atoms with Gasteiger partial charge in [0.2, 0.25) is 0 Å². The van der Waals surface area contributed by atoms with Crippen LogP contribution in [0.5, 0.6) is 0 Å². The maximum Gasteiger partial charge on any atom is 0.338 e. The number of carbonyl (C=O) groups is 2. The Morgan fingerprint density at radius 2 is 1.14 bits per heavy atom. The molecule has 0 saturated carbocycles. The fourth-order valence-corrected chi connectivity index (χ4v) is 3.67. The van der Waals surface area contributed by atoms with Crippen molar-refractivity contribution in [2.75, 3.05) is 5.75 Å². The van der Waals surface area contributed by atoms with Crippen LogP contribution in [0.4, 0.5) is 0 Å². The fraction of sp³-hybridized carbons (Fsp3) is 0.810. The first-order chi connectivity index (χ1) is 13.8. The topological polar surface area (TPSA) is 97.7 Å². The quantitative estimate of drug-likeness (QED) is 0.131. The second-order valence-electron chi connectivity index (χ2n) is 7.25. The van der Waals surface area contributed by atoms with Gasteiger partial charge in [-0.25, -0.2) is 9.59 Å². The molecule has 0 unspecified atom stereocenters. The van der Waals surface area contributed by atoms with Gasteiger partial charge in [0.1, 0.15) is 0 Å². The van der Waals surface area contributed by atoms with Gasteiger partial charge in [0, 0.05) is 12.2 Å². The number of hydrogen-bond donors (Lipinski definition) is 1. The molecule has 0 aromatic heterocycles. The van der Waals surface area contributed by atoms with E-state index in [1.807, 2.05) is 0 Å². The standard InChI is InChI=1S/C14H29.C4H2O3.C3H8O3S.Na/c1-3-5-7-9-11-13-14-12-10-8-6-4-2;5-3-1-2-4(6)7-3;1-2-3-7(4,5)6;/h1,3-14H2,2H3;1-2H;2-3H2,1H3,(H,4,5,6);. The third kappa shape index (κ3) is 30.1. The van der Waals surface area contributed by atoms with Crippen LogP contribution in [0.25, 0.3) is 0 Å². The van der Waals surface area contributed by atoms with Crippen molar-refractivity contribution in [1.29, 1.82) is 0 Å². The van der Waals surface area contributed by atoms with E-state index >= 15 is 0 Å². The molecule has 0 aliphatic carbocycles. The van der Waals surface area contributed by atoms with E-state index < -0.39 is 22.1 Å². The van der Waals surface area contributed by atoms with Crippen molar-refractivity contribution in [3.05, 3.63) is 12.2 Å². The largest absolute Gasteiger partial charge is 0.387 e. The van der Waals surface area contributed by atoms with E-state index in [4.69, 9.17) is 4.55 Å². The van der Waals surface area contributed by atoms with Gasteiger partial charge in [-0.05, 0) is 6.42 Å². The number of unbranched alkanes of at least 4 members (excludes halogenated alkanes) is 11. The van der Waals surface area contributed by atoms with Crippen LogP contribution in [0, 0.1) is 0 Å². The zero-order valence-electron chi connectivity index (χ0n) is 18.7. The van der Waals surface area contributed by atoms with Gasteiger partial charge in [0.15, 0.2) is 0 Å². The van der Waals surface area contributed by atoms with Crippen LogP contribution < -0.4 is 0 Å². The van der Waals surface area contributed by atoms with Gasteiger partial charge in [0.05, 0.1) is 5.75 Å². The van der Waals surface area contributed by atoms with Crippen molar-refractivity contribution in [1.82, 2.24) is 0 Å². The van der Waals surface area contributed by atoms with Gasteiger partial charge in [-0.1, -0.05) is 20.3 Å². The summed E-state index contributed by atoms with van der Waals surface area (Å²) >= 11 is 1.41. The smallest absolute Gasteiger partial charge is 0.338 e. The first-order valence-corrected chi connectivity index (χ1v) is 14.2. The van der Waals surface area contributed by atoms with Crippen molar-refractivity contribution < 1.29 is 27.3 Å². The van der Waals surface area contributed by atoms with E-state index in [0.717, 1.165) is 12.2 Å². The van der Waals surface area contributed by atoms with Crippen LogP contribution >= 0.6 is 0 Å². The molecule has 0 amide bonds. The second-order valence-corrected chi connectivity index (χ2v) is 9.82. The Balaban J connectivity index is 0. The summed E-state index contributed by atoms with van der Waals surface area (Å²) in [5, 5.41) is 0. The number of carbonyl (C=O) groups excluding carboxylic acids is 2. The van der Waals surface area contributed by atoms with E-state index in [2.05, 4.69) is 11.7 Å². The molecule has 166 valence electrons. The third-order valence-electron chi connectivity index (χ3n) is 4.23. The predicted octanol–water partition coefficient (Wildman–Crippen LogP) is 5.18. The molecule has 1 heterocycles. The molecule has 0 atom stereocenters. The Morgan fingerprint density at radius 3 is 1.34 bits per heavy atom. The van der Waals surface area contributed by atoms with Crippen molar-refractivity contribution in [2.24, 2.45) is 0 Å². The van der Waals surface area contributed by atoms with Crippen molar-refractivity contribution in [2.45, 2.75) is 101 Å². The maximum atomic E-state index is 9.92. The van der Waals surface area contributed by atoms with Crippen LogP contribution in [-0.4, -0.2) is 58.6 Å². The number of ether oxygens (including phenoxy) is 1. The van der Waals surface area contributed by atoms with Gasteiger partial charge in [0.25, 0.3) is 10.1 Å². The molecular weight excluding hydrogens is 403 g/mol. The minimum Gasteiger partial charge on any atom is -0.387 e. The summed E-state index contributed by atoms with van der Waals surface area (Å²) in [5.74, 6) is -1.29. The number of esters is 2. The zero-order chi connectivity index (χ0) is 22.4. The van der Waals surface area contributed by atoms with Crippen molar-refractivity contribution in [3.8, 4) is 0 Å². The number of hydrogen-bond acceptors (Lipinski definition) is 5. The fourth-order valence-electron chi connectivity index (χ4n) is 2.65. The van der Waals surface area contributed by atoms with E-state index in [9.17, 15) is 18.0 Å². The predicted molar refractivity (Wildman–Crippen MR) is 119 cm³/mol. The van der Waals surface area contributed by atoms with Crippen LogP contribution in [0.2, 0.25) is 3.67 Å². The van der Waals surface area contributed by atoms with Crippen LogP contribution in [0.15, 0.2) is 12.2 Å². The Labute approximate surface area is 195 Å². The molecule has 0 aromatic carbocycles. The summed E-state index contributed by atoms with van der Waals surface area (Å²) in [5.41, 5.74) is 0. The molecule has 0 radical (unpaired) electrons. The minimum atomic E-state index is -3.67. The average Bonchev–Trinajstić information content (AvgIpc) is 3.02. The average molecular weight is 443 g/mol.